The molecule has 2 fully saturated rings. The third kappa shape index (κ3) is 2.47. The molecule has 1 unspecified atom stereocenters. The van der Waals surface area contributed by atoms with Gasteiger partial charge >= 0.3 is 0 Å². The average molecular weight is 266 g/mol. The molecule has 102 valence electrons. The number of carbonyl (C=O) groups is 1. The normalized spacial score (nSPS) is 23.8. The molecule has 1 heterocycles. The Morgan fingerprint density at radius 2 is 1.84 bits per heavy atom. The summed E-state index contributed by atoms with van der Waals surface area (Å²) in [7, 11) is 0. The first-order valence-electron chi connectivity index (χ1n) is 6.68. The molecule has 5 heteroatoms. The van der Waals surface area contributed by atoms with Crippen LogP contribution in [0, 0.1) is 11.6 Å². The molecule has 1 aromatic rings. The van der Waals surface area contributed by atoms with Gasteiger partial charge in [-0.25, -0.2) is 8.78 Å². The lowest BCUT2D eigenvalue weighted by Crippen LogP contribution is -2.52. The Morgan fingerprint density at radius 1 is 1.16 bits per heavy atom. The Bertz CT molecular complexity index is 482. The van der Waals surface area contributed by atoms with Crippen LogP contribution in [0.1, 0.15) is 25.7 Å². The predicted molar refractivity (Wildman–Crippen MR) is 67.9 cm³/mol. The van der Waals surface area contributed by atoms with E-state index in [0.717, 1.165) is 25.7 Å². The molecule has 1 N–H and O–H groups in total. The molecule has 0 aromatic heterocycles. The van der Waals surface area contributed by atoms with Gasteiger partial charge in [-0.1, -0.05) is 6.07 Å². The summed E-state index contributed by atoms with van der Waals surface area (Å²) in [5.41, 5.74) is -0.213. The molecule has 0 bridgehead atoms. The maximum Gasteiger partial charge on any atom is 0.244 e. The zero-order valence-corrected chi connectivity index (χ0v) is 10.5. The van der Waals surface area contributed by atoms with Crippen molar-refractivity contribution >= 4 is 11.6 Å². The van der Waals surface area contributed by atoms with E-state index in [1.807, 2.05) is 0 Å². The highest BCUT2D eigenvalue weighted by Gasteiger charge is 2.35. The van der Waals surface area contributed by atoms with Crippen molar-refractivity contribution in [2.45, 2.75) is 37.8 Å². The molecule has 1 aliphatic carbocycles. The van der Waals surface area contributed by atoms with Gasteiger partial charge in [0.15, 0.2) is 0 Å². The molecule has 1 aliphatic heterocycles. The fourth-order valence-corrected chi connectivity index (χ4v) is 2.53. The summed E-state index contributed by atoms with van der Waals surface area (Å²) in [5.74, 6) is -1.58. The SMILES string of the molecule is O=C1C(NC2CC2)CCCN1c1c(F)cccc1F. The van der Waals surface area contributed by atoms with Crippen molar-refractivity contribution in [3.63, 3.8) is 0 Å². The summed E-state index contributed by atoms with van der Waals surface area (Å²) in [6.45, 7) is 0.375. The quantitative estimate of drug-likeness (QED) is 0.909. The maximum absolute atomic E-state index is 13.8. The largest absolute Gasteiger partial charge is 0.306 e. The number of nitrogens with one attached hydrogen (secondary N) is 1. The number of hydrogen-bond donors (Lipinski definition) is 1. The smallest absolute Gasteiger partial charge is 0.244 e. The Kier molecular flexibility index (Phi) is 3.22. The van der Waals surface area contributed by atoms with Crippen molar-refractivity contribution in [2.24, 2.45) is 0 Å². The fraction of sp³-hybridized carbons (Fsp3) is 0.500. The lowest BCUT2D eigenvalue weighted by Gasteiger charge is -2.33. The number of halogens is 2. The Hall–Kier alpha value is -1.49. The Morgan fingerprint density at radius 3 is 2.47 bits per heavy atom. The first kappa shape index (κ1) is 12.5. The van der Waals surface area contributed by atoms with Crippen molar-refractivity contribution in [3.8, 4) is 0 Å². The third-order valence-corrected chi connectivity index (χ3v) is 3.66. The van der Waals surface area contributed by atoms with Crippen molar-refractivity contribution in [1.82, 2.24) is 5.32 Å². The van der Waals surface area contributed by atoms with Crippen molar-refractivity contribution in [3.05, 3.63) is 29.8 Å². The lowest BCUT2D eigenvalue weighted by atomic mass is 10.0. The van der Waals surface area contributed by atoms with Crippen LogP contribution in [-0.2, 0) is 4.79 Å². The van der Waals surface area contributed by atoms with Crippen molar-refractivity contribution in [2.75, 3.05) is 11.4 Å². The lowest BCUT2D eigenvalue weighted by molar-refractivity contribution is -0.121. The van der Waals surface area contributed by atoms with E-state index in [1.54, 1.807) is 0 Å². The predicted octanol–water partition coefficient (Wildman–Crippen LogP) is 2.21. The summed E-state index contributed by atoms with van der Waals surface area (Å²) >= 11 is 0. The number of carbonyl (C=O) groups excluding carboxylic acids is 1. The van der Waals surface area contributed by atoms with Gasteiger partial charge in [-0.3, -0.25) is 4.79 Å². The second-order valence-corrected chi connectivity index (χ2v) is 5.20. The molecular formula is C14H16F2N2O. The zero-order valence-electron chi connectivity index (χ0n) is 10.5. The van der Waals surface area contributed by atoms with Gasteiger partial charge < -0.3 is 10.2 Å². The van der Waals surface area contributed by atoms with E-state index in [1.165, 1.54) is 23.1 Å². The molecule has 3 rings (SSSR count). The van der Waals surface area contributed by atoms with Gasteiger partial charge in [-0.15, -0.1) is 0 Å². The highest BCUT2D eigenvalue weighted by molar-refractivity contribution is 5.98. The van der Waals surface area contributed by atoms with Crippen LogP contribution in [0.4, 0.5) is 14.5 Å². The van der Waals surface area contributed by atoms with E-state index in [9.17, 15) is 13.6 Å². The van der Waals surface area contributed by atoms with Gasteiger partial charge in [-0.05, 0) is 37.8 Å². The van der Waals surface area contributed by atoms with Crippen LogP contribution >= 0.6 is 0 Å². The summed E-state index contributed by atoms with van der Waals surface area (Å²) < 4.78 is 27.5. The minimum Gasteiger partial charge on any atom is -0.306 e. The van der Waals surface area contributed by atoms with E-state index < -0.39 is 11.6 Å². The monoisotopic (exact) mass is 266 g/mol. The summed E-state index contributed by atoms with van der Waals surface area (Å²) in [4.78, 5) is 13.6. The first-order chi connectivity index (χ1) is 9.16. The number of amides is 1. The number of para-hydroxylation sites is 1. The molecule has 19 heavy (non-hydrogen) atoms. The molecule has 1 saturated carbocycles. The summed E-state index contributed by atoms with van der Waals surface area (Å²) in [5, 5.41) is 3.25. The van der Waals surface area contributed by atoms with Gasteiger partial charge in [0.2, 0.25) is 5.91 Å². The number of benzene rings is 1. The minimum absolute atomic E-state index is 0.213. The zero-order chi connectivity index (χ0) is 13.4. The first-order valence-corrected chi connectivity index (χ1v) is 6.68. The minimum atomic E-state index is -0.680. The highest BCUT2D eigenvalue weighted by Crippen LogP contribution is 2.28. The third-order valence-electron chi connectivity index (χ3n) is 3.66. The van der Waals surface area contributed by atoms with Crippen molar-refractivity contribution < 1.29 is 13.6 Å². The van der Waals surface area contributed by atoms with Crippen LogP contribution < -0.4 is 10.2 Å². The molecular weight excluding hydrogens is 250 g/mol. The van der Waals surface area contributed by atoms with Crippen LogP contribution in [0.3, 0.4) is 0 Å². The number of rotatable bonds is 3. The average Bonchev–Trinajstić information content (AvgIpc) is 3.17. The standard InChI is InChI=1S/C14H16F2N2O/c15-10-3-1-4-11(16)13(10)18-8-2-5-12(14(18)19)17-9-6-7-9/h1,3-4,9,12,17H,2,5-8H2. The van der Waals surface area contributed by atoms with E-state index in [-0.39, 0.29) is 17.6 Å². The topological polar surface area (TPSA) is 32.3 Å². The summed E-state index contributed by atoms with van der Waals surface area (Å²) in [6, 6.07) is 3.77. The molecule has 1 atom stereocenters. The molecule has 0 radical (unpaired) electrons. The summed E-state index contributed by atoms with van der Waals surface area (Å²) in [6.07, 6.45) is 3.65. The molecule has 2 aliphatic rings. The van der Waals surface area contributed by atoms with E-state index in [4.69, 9.17) is 0 Å². The van der Waals surface area contributed by atoms with Gasteiger partial charge in [0.05, 0.1) is 6.04 Å². The molecule has 3 nitrogen and oxygen atoms in total. The van der Waals surface area contributed by atoms with Crippen LogP contribution in [0.2, 0.25) is 0 Å². The number of hydrogen-bond acceptors (Lipinski definition) is 2. The van der Waals surface area contributed by atoms with Gasteiger partial charge in [0, 0.05) is 12.6 Å². The molecule has 0 spiro atoms. The fourth-order valence-electron chi connectivity index (χ4n) is 2.53. The second kappa shape index (κ2) is 4.89. The van der Waals surface area contributed by atoms with Crippen LogP contribution in [0.15, 0.2) is 18.2 Å². The Labute approximate surface area is 110 Å². The number of piperidine rings is 1. The molecule has 1 saturated heterocycles. The second-order valence-electron chi connectivity index (χ2n) is 5.20. The molecule has 1 amide bonds. The van der Waals surface area contributed by atoms with E-state index >= 15 is 0 Å². The van der Waals surface area contributed by atoms with E-state index in [2.05, 4.69) is 5.32 Å². The van der Waals surface area contributed by atoms with Gasteiger partial charge in [-0.2, -0.15) is 0 Å². The highest BCUT2D eigenvalue weighted by atomic mass is 19.1. The molecule has 1 aromatic carbocycles. The number of nitrogens with zero attached hydrogens (tertiary/aromatic N) is 1. The van der Waals surface area contributed by atoms with Crippen LogP contribution in [-0.4, -0.2) is 24.5 Å². The van der Waals surface area contributed by atoms with Gasteiger partial charge in [0.1, 0.15) is 17.3 Å². The number of anilines is 1. The van der Waals surface area contributed by atoms with E-state index in [0.29, 0.717) is 12.6 Å². The maximum atomic E-state index is 13.8. The Balaban J connectivity index is 1.84. The van der Waals surface area contributed by atoms with Crippen LogP contribution in [0.25, 0.3) is 0 Å². The van der Waals surface area contributed by atoms with Crippen LogP contribution in [0.5, 0.6) is 0 Å². The van der Waals surface area contributed by atoms with Crippen molar-refractivity contribution in [1.29, 1.82) is 0 Å². The van der Waals surface area contributed by atoms with Gasteiger partial charge in [0.25, 0.3) is 0 Å².